The molecular formula is C34H40N2O9SSi. The Hall–Kier alpha value is -3.69. The Labute approximate surface area is 274 Å². The van der Waals surface area contributed by atoms with E-state index in [1.165, 1.54) is 25.3 Å². The summed E-state index contributed by atoms with van der Waals surface area (Å²) < 4.78 is 46.6. The molecular weight excluding hydrogens is 641 g/mol. The third-order valence-corrected chi connectivity index (χ3v) is 14.9. The molecule has 1 saturated heterocycles. The van der Waals surface area contributed by atoms with Crippen LogP contribution >= 0.6 is 0 Å². The molecule has 13 heteroatoms. The molecule has 0 radical (unpaired) electrons. The lowest BCUT2D eigenvalue weighted by Crippen LogP contribution is -2.68. The van der Waals surface area contributed by atoms with E-state index in [4.69, 9.17) is 13.3 Å². The number of nitrogens with one attached hydrogen (secondary N) is 1. The van der Waals surface area contributed by atoms with Crippen LogP contribution in [0.2, 0.25) is 5.04 Å². The van der Waals surface area contributed by atoms with Crippen LogP contribution in [0.5, 0.6) is 0 Å². The third-order valence-electron chi connectivity index (χ3n) is 8.65. The van der Waals surface area contributed by atoms with Crippen LogP contribution in [0.1, 0.15) is 38.1 Å². The number of nitrogens with zero attached hydrogens (tertiary/aromatic N) is 1. The normalized spacial score (nSPS) is 22.0. The summed E-state index contributed by atoms with van der Waals surface area (Å²) in [6.07, 6.45) is -3.81. The minimum atomic E-state index is -4.37. The van der Waals surface area contributed by atoms with Gasteiger partial charge in [0.25, 0.3) is 24.0 Å². The lowest BCUT2D eigenvalue weighted by atomic mass is 9.97. The molecule has 0 unspecified atom stereocenters. The van der Waals surface area contributed by atoms with Gasteiger partial charge in [-0.3, -0.25) is 18.5 Å². The highest BCUT2D eigenvalue weighted by Gasteiger charge is 2.59. The van der Waals surface area contributed by atoms with E-state index < -0.39 is 72.0 Å². The largest absolute Gasteiger partial charge is 0.404 e. The first kappa shape index (κ1) is 34.6. The Morgan fingerprint density at radius 2 is 1.45 bits per heavy atom. The van der Waals surface area contributed by atoms with Crippen molar-refractivity contribution in [2.24, 2.45) is 0 Å². The second-order valence-corrected chi connectivity index (χ2v) is 18.9. The van der Waals surface area contributed by atoms with Crippen LogP contribution < -0.4 is 21.6 Å². The lowest BCUT2D eigenvalue weighted by molar-refractivity contribution is -0.142. The molecule has 1 aromatic heterocycles. The van der Waals surface area contributed by atoms with Crippen molar-refractivity contribution < 1.29 is 32.0 Å². The van der Waals surface area contributed by atoms with Crippen molar-refractivity contribution in [1.29, 1.82) is 0 Å². The predicted molar refractivity (Wildman–Crippen MR) is 179 cm³/mol. The van der Waals surface area contributed by atoms with Gasteiger partial charge in [0.1, 0.15) is 24.4 Å². The van der Waals surface area contributed by atoms with E-state index in [1.807, 2.05) is 67.6 Å². The minimum Gasteiger partial charge on any atom is -0.404 e. The van der Waals surface area contributed by atoms with E-state index in [1.54, 1.807) is 12.1 Å². The summed E-state index contributed by atoms with van der Waals surface area (Å²) >= 11 is 0. The van der Waals surface area contributed by atoms with Crippen LogP contribution in [-0.4, -0.2) is 67.5 Å². The van der Waals surface area contributed by atoms with Crippen molar-refractivity contribution in [3.8, 4) is 0 Å². The summed E-state index contributed by atoms with van der Waals surface area (Å²) in [5.41, 5.74) is -2.48. The van der Waals surface area contributed by atoms with Gasteiger partial charge in [0.2, 0.25) is 0 Å². The molecule has 4 aromatic rings. The molecule has 11 nitrogen and oxygen atoms in total. The predicted octanol–water partition coefficient (Wildman–Crippen LogP) is 2.12. The van der Waals surface area contributed by atoms with Gasteiger partial charge in [0.15, 0.2) is 6.23 Å². The van der Waals surface area contributed by atoms with Gasteiger partial charge in [-0.15, -0.1) is 0 Å². The molecule has 0 bridgehead atoms. The number of benzene rings is 3. The molecule has 0 spiro atoms. The molecule has 5 rings (SSSR count). The molecule has 4 atom stereocenters. The van der Waals surface area contributed by atoms with E-state index in [0.29, 0.717) is 0 Å². The topological polar surface area (TPSA) is 157 Å². The summed E-state index contributed by atoms with van der Waals surface area (Å²) in [5.74, 6) is 0. The van der Waals surface area contributed by atoms with Gasteiger partial charge < -0.3 is 19.4 Å². The van der Waals surface area contributed by atoms with E-state index >= 15 is 0 Å². The summed E-state index contributed by atoms with van der Waals surface area (Å²) in [7, 11) is -7.65. The standard InChI is InChI=1S/C34H40N2O9SSi/c1-23-16-18-25(19-17-23)46(41,42)43-21-34(29(38)28(37)31(45-34)36-20-24(2)30(39)35-32(36)40)22-44-47(33(3,4)5,26-12-8-6-9-13-26)27-14-10-7-11-15-27/h6-20,28-29,31,37-38H,21-22H2,1-5H3,(H,35,39,40)/t28-,29+,31-,34-/m1/s1. The Balaban J connectivity index is 1.62. The highest BCUT2D eigenvalue weighted by molar-refractivity contribution is 7.86. The molecule has 250 valence electrons. The van der Waals surface area contributed by atoms with Gasteiger partial charge in [-0.1, -0.05) is 99.1 Å². The van der Waals surface area contributed by atoms with Crippen molar-refractivity contribution >= 4 is 28.8 Å². The van der Waals surface area contributed by atoms with E-state index in [0.717, 1.165) is 20.5 Å². The number of ether oxygens (including phenoxy) is 1. The summed E-state index contributed by atoms with van der Waals surface area (Å²) in [4.78, 5) is 27.0. The van der Waals surface area contributed by atoms with E-state index in [9.17, 15) is 28.2 Å². The van der Waals surface area contributed by atoms with Crippen molar-refractivity contribution in [3.05, 3.63) is 123 Å². The number of aromatic amines is 1. The van der Waals surface area contributed by atoms with Gasteiger partial charge in [-0.05, 0) is 41.4 Å². The zero-order valence-corrected chi connectivity index (χ0v) is 28.7. The van der Waals surface area contributed by atoms with Crippen LogP contribution in [0.4, 0.5) is 0 Å². The maximum Gasteiger partial charge on any atom is 0.330 e. The average molecular weight is 681 g/mol. The quantitative estimate of drug-likeness (QED) is 0.169. The van der Waals surface area contributed by atoms with Gasteiger partial charge in [0, 0.05) is 11.8 Å². The van der Waals surface area contributed by atoms with Crippen LogP contribution in [0.15, 0.2) is 106 Å². The fraction of sp³-hybridized carbons (Fsp3) is 0.353. The number of aromatic nitrogens is 2. The first-order chi connectivity index (χ1) is 22.1. The van der Waals surface area contributed by atoms with Crippen molar-refractivity contribution in [3.63, 3.8) is 0 Å². The Bertz CT molecular complexity index is 1890. The summed E-state index contributed by atoms with van der Waals surface area (Å²) in [6, 6.07) is 25.4. The number of aliphatic hydroxyl groups excluding tert-OH is 2. The van der Waals surface area contributed by atoms with Crippen molar-refractivity contribution in [2.75, 3.05) is 13.2 Å². The first-order valence-electron chi connectivity index (χ1n) is 15.2. The van der Waals surface area contributed by atoms with Crippen LogP contribution in [0.25, 0.3) is 0 Å². The zero-order chi connectivity index (χ0) is 34.2. The first-order valence-corrected chi connectivity index (χ1v) is 18.5. The number of hydrogen-bond acceptors (Lipinski definition) is 9. The Morgan fingerprint density at radius 3 is 1.98 bits per heavy atom. The number of rotatable bonds is 10. The zero-order valence-electron chi connectivity index (χ0n) is 26.9. The Morgan fingerprint density at radius 1 is 0.894 bits per heavy atom. The number of H-pyrrole nitrogens is 1. The fourth-order valence-electron chi connectivity index (χ4n) is 6.07. The van der Waals surface area contributed by atoms with Gasteiger partial charge in [0.05, 0.1) is 11.5 Å². The van der Waals surface area contributed by atoms with Crippen LogP contribution in [0.3, 0.4) is 0 Å². The molecule has 0 aliphatic carbocycles. The van der Waals surface area contributed by atoms with E-state index in [-0.39, 0.29) is 10.5 Å². The monoisotopic (exact) mass is 680 g/mol. The smallest absolute Gasteiger partial charge is 0.330 e. The molecule has 1 aliphatic heterocycles. The van der Waals surface area contributed by atoms with Gasteiger partial charge in [-0.25, -0.2) is 4.79 Å². The number of aliphatic hydroxyl groups is 2. The van der Waals surface area contributed by atoms with E-state index in [2.05, 4.69) is 25.8 Å². The van der Waals surface area contributed by atoms with Crippen molar-refractivity contribution in [1.82, 2.24) is 9.55 Å². The second kappa shape index (κ2) is 13.1. The SMILES string of the molecule is Cc1ccc(S(=O)(=O)OC[C@]2(CO[Si](c3ccccc3)(c3ccccc3)C(C)(C)C)O[C@@H](n3cc(C)c(=O)[nH]c3=O)[C@H](O)[C@@H]2O)cc1. The highest BCUT2D eigenvalue weighted by Crippen LogP contribution is 2.42. The molecule has 47 heavy (non-hydrogen) atoms. The summed E-state index contributed by atoms with van der Waals surface area (Å²) in [5, 5.41) is 24.4. The molecule has 0 amide bonds. The molecule has 0 saturated carbocycles. The van der Waals surface area contributed by atoms with Gasteiger partial charge >= 0.3 is 5.69 Å². The average Bonchev–Trinajstić information content (AvgIpc) is 3.28. The fourth-order valence-corrected chi connectivity index (χ4v) is 11.6. The van der Waals surface area contributed by atoms with Crippen molar-refractivity contribution in [2.45, 2.75) is 68.6 Å². The van der Waals surface area contributed by atoms with Crippen LogP contribution in [0, 0.1) is 13.8 Å². The molecule has 3 aromatic carbocycles. The third kappa shape index (κ3) is 6.57. The van der Waals surface area contributed by atoms with Gasteiger partial charge in [-0.2, -0.15) is 8.42 Å². The molecule has 1 fully saturated rings. The van der Waals surface area contributed by atoms with Crippen LogP contribution in [-0.2, 0) is 23.5 Å². The second-order valence-electron chi connectivity index (χ2n) is 13.0. The Kier molecular flexibility index (Phi) is 9.63. The molecule has 3 N–H and O–H groups in total. The summed E-state index contributed by atoms with van der Waals surface area (Å²) in [6.45, 7) is 8.27. The number of aryl methyl sites for hydroxylation is 2. The molecule has 2 heterocycles. The highest BCUT2D eigenvalue weighted by atomic mass is 32.2. The number of hydrogen-bond donors (Lipinski definition) is 3. The lowest BCUT2D eigenvalue weighted by Gasteiger charge is -2.45. The molecule has 1 aliphatic rings. The maximum absolute atomic E-state index is 13.4. The minimum absolute atomic E-state index is 0.108. The maximum atomic E-state index is 13.4.